The molecule has 29 heavy (non-hydrogen) atoms. The van der Waals surface area contributed by atoms with Gasteiger partial charge in [0.1, 0.15) is 12.0 Å². The number of halogens is 1. The van der Waals surface area contributed by atoms with Gasteiger partial charge in [-0.05, 0) is 80.9 Å². The van der Waals surface area contributed by atoms with E-state index in [9.17, 15) is 19.3 Å². The van der Waals surface area contributed by atoms with E-state index in [1.807, 2.05) is 0 Å². The fourth-order valence-corrected chi connectivity index (χ4v) is 6.11. The molecule has 4 aliphatic rings. The minimum absolute atomic E-state index is 0.214. The van der Waals surface area contributed by atoms with Gasteiger partial charge in [-0.2, -0.15) is 5.10 Å². The number of aromatic nitrogens is 2. The zero-order valence-corrected chi connectivity index (χ0v) is 16.2. The average Bonchev–Trinajstić information content (AvgIpc) is 3.10. The molecule has 1 N–H and O–H groups in total. The van der Waals surface area contributed by atoms with Crippen molar-refractivity contribution < 1.29 is 14.1 Å². The van der Waals surface area contributed by atoms with Crippen LogP contribution in [0.3, 0.4) is 0 Å². The van der Waals surface area contributed by atoms with Crippen molar-refractivity contribution in [1.29, 1.82) is 0 Å². The van der Waals surface area contributed by atoms with E-state index in [2.05, 4.69) is 10.4 Å². The third-order valence-electron chi connectivity index (χ3n) is 7.03. The molecule has 7 nitrogen and oxygen atoms in total. The molecular weight excluding hydrogens is 375 g/mol. The van der Waals surface area contributed by atoms with E-state index >= 15 is 0 Å². The summed E-state index contributed by atoms with van der Waals surface area (Å²) in [7, 11) is 0. The molecule has 0 atom stereocenters. The molecule has 4 saturated carbocycles. The molecule has 1 amide bonds. The van der Waals surface area contributed by atoms with Gasteiger partial charge in [-0.1, -0.05) is 6.07 Å². The summed E-state index contributed by atoms with van der Waals surface area (Å²) < 4.78 is 15.5. The molecule has 8 heteroatoms. The third kappa shape index (κ3) is 3.01. The number of aryl methyl sites for hydroxylation is 1. The maximum Gasteiger partial charge on any atom is 0.320 e. The van der Waals surface area contributed by atoms with Crippen LogP contribution in [0.25, 0.3) is 0 Å². The van der Waals surface area contributed by atoms with Crippen molar-refractivity contribution in [2.24, 2.45) is 17.8 Å². The zero-order valence-electron chi connectivity index (χ0n) is 16.2. The van der Waals surface area contributed by atoms with E-state index in [4.69, 9.17) is 0 Å². The van der Waals surface area contributed by atoms with Crippen molar-refractivity contribution in [1.82, 2.24) is 9.78 Å². The van der Waals surface area contributed by atoms with Crippen LogP contribution < -0.4 is 5.32 Å². The van der Waals surface area contributed by atoms with Crippen LogP contribution in [-0.4, -0.2) is 20.6 Å². The van der Waals surface area contributed by atoms with Crippen molar-refractivity contribution in [3.63, 3.8) is 0 Å². The van der Waals surface area contributed by atoms with Gasteiger partial charge >= 0.3 is 5.69 Å². The first-order valence-electron chi connectivity index (χ1n) is 10.1. The number of anilines is 1. The molecule has 4 bridgehead atoms. The lowest BCUT2D eigenvalue weighted by atomic mass is 9.53. The van der Waals surface area contributed by atoms with Crippen molar-refractivity contribution in [3.8, 4) is 0 Å². The lowest BCUT2D eigenvalue weighted by molar-refractivity contribution is -0.385. The summed E-state index contributed by atoms with van der Waals surface area (Å²) in [6.07, 6.45) is 8.09. The standard InChI is InChI=1S/C21H23FN4O3/c1-12-2-3-16(7-17(12)22)23-20(27)19-18(26(28)29)11-25(24-19)21-8-13-4-14(9-21)6-15(5-13)10-21/h2-3,7,11,13-15H,4-6,8-10H2,1H3,(H,23,27). The molecular formula is C21H23FN4O3. The number of carbonyl (C=O) groups is 1. The number of rotatable bonds is 4. The van der Waals surface area contributed by atoms with E-state index in [1.54, 1.807) is 23.7 Å². The van der Waals surface area contributed by atoms with Crippen LogP contribution in [0.2, 0.25) is 0 Å². The average molecular weight is 398 g/mol. The van der Waals surface area contributed by atoms with Crippen LogP contribution in [0.15, 0.2) is 24.4 Å². The number of amides is 1. The lowest BCUT2D eigenvalue weighted by Crippen LogP contribution is -2.52. The fraction of sp³-hybridized carbons (Fsp3) is 0.524. The molecule has 4 aliphatic carbocycles. The Labute approximate surface area is 167 Å². The highest BCUT2D eigenvalue weighted by atomic mass is 19.1. The Balaban J connectivity index is 1.47. The fourth-order valence-electron chi connectivity index (χ4n) is 6.11. The molecule has 0 spiro atoms. The smallest absolute Gasteiger partial charge is 0.320 e. The number of carbonyl (C=O) groups excluding carboxylic acids is 1. The molecule has 2 aromatic rings. The summed E-state index contributed by atoms with van der Waals surface area (Å²) in [6.45, 7) is 1.62. The van der Waals surface area contributed by atoms with E-state index in [1.165, 1.54) is 31.5 Å². The van der Waals surface area contributed by atoms with Crippen molar-refractivity contribution in [3.05, 3.63) is 51.6 Å². The van der Waals surface area contributed by atoms with E-state index in [0.29, 0.717) is 23.3 Å². The number of benzene rings is 1. The molecule has 4 fully saturated rings. The van der Waals surface area contributed by atoms with Crippen molar-refractivity contribution >= 4 is 17.3 Å². The lowest BCUT2D eigenvalue weighted by Gasteiger charge is -2.56. The molecule has 1 heterocycles. The Morgan fingerprint density at radius 1 is 1.24 bits per heavy atom. The van der Waals surface area contributed by atoms with Gasteiger partial charge in [0, 0.05) is 5.69 Å². The molecule has 152 valence electrons. The number of nitrogens with zero attached hydrogens (tertiary/aromatic N) is 3. The maximum absolute atomic E-state index is 13.8. The zero-order chi connectivity index (χ0) is 20.3. The summed E-state index contributed by atoms with van der Waals surface area (Å²) in [5.74, 6) is 0.812. The van der Waals surface area contributed by atoms with Crippen LogP contribution in [0.4, 0.5) is 15.8 Å². The second-order valence-corrected chi connectivity index (χ2v) is 9.12. The van der Waals surface area contributed by atoms with Gasteiger partial charge in [0.15, 0.2) is 0 Å². The normalized spacial score (nSPS) is 29.8. The van der Waals surface area contributed by atoms with Crippen LogP contribution in [0, 0.1) is 40.6 Å². The summed E-state index contributed by atoms with van der Waals surface area (Å²) in [6, 6.07) is 4.32. The van der Waals surface area contributed by atoms with Crippen LogP contribution in [0.1, 0.15) is 54.6 Å². The second-order valence-electron chi connectivity index (χ2n) is 9.12. The Morgan fingerprint density at radius 3 is 2.41 bits per heavy atom. The summed E-state index contributed by atoms with van der Waals surface area (Å²) in [4.78, 5) is 23.8. The minimum Gasteiger partial charge on any atom is -0.320 e. The first-order valence-corrected chi connectivity index (χ1v) is 10.1. The predicted molar refractivity (Wildman–Crippen MR) is 104 cm³/mol. The van der Waals surface area contributed by atoms with Gasteiger partial charge in [0.25, 0.3) is 5.91 Å². The summed E-state index contributed by atoms with van der Waals surface area (Å²) in [5.41, 5.74) is -0.0250. The second kappa shape index (κ2) is 6.37. The summed E-state index contributed by atoms with van der Waals surface area (Å²) in [5, 5.41) is 18.6. The highest BCUT2D eigenvalue weighted by molar-refractivity contribution is 6.05. The highest BCUT2D eigenvalue weighted by Crippen LogP contribution is 2.58. The number of nitrogens with one attached hydrogen (secondary N) is 1. The van der Waals surface area contributed by atoms with Crippen LogP contribution >= 0.6 is 0 Å². The van der Waals surface area contributed by atoms with E-state index in [-0.39, 0.29) is 22.6 Å². The Kier molecular flexibility index (Phi) is 4.01. The Morgan fingerprint density at radius 2 is 1.86 bits per heavy atom. The third-order valence-corrected chi connectivity index (χ3v) is 7.03. The minimum atomic E-state index is -0.691. The highest BCUT2D eigenvalue weighted by Gasteiger charge is 2.53. The van der Waals surface area contributed by atoms with Crippen LogP contribution in [-0.2, 0) is 5.54 Å². The van der Waals surface area contributed by atoms with E-state index in [0.717, 1.165) is 19.3 Å². The Hall–Kier alpha value is -2.77. The molecule has 0 saturated heterocycles. The first kappa shape index (κ1) is 18.3. The summed E-state index contributed by atoms with van der Waals surface area (Å²) >= 11 is 0. The number of hydrogen-bond donors (Lipinski definition) is 1. The van der Waals surface area contributed by atoms with Gasteiger partial charge in [0.2, 0.25) is 5.69 Å². The molecule has 6 rings (SSSR count). The molecule has 0 unspecified atom stereocenters. The molecule has 0 radical (unpaired) electrons. The van der Waals surface area contributed by atoms with Gasteiger partial charge in [-0.25, -0.2) is 4.39 Å². The van der Waals surface area contributed by atoms with Gasteiger partial charge in [-0.15, -0.1) is 0 Å². The Bertz CT molecular complexity index is 980. The number of nitro groups is 1. The quantitative estimate of drug-likeness (QED) is 0.610. The molecule has 1 aromatic heterocycles. The van der Waals surface area contributed by atoms with Crippen molar-refractivity contribution in [2.45, 2.75) is 51.0 Å². The van der Waals surface area contributed by atoms with E-state index < -0.39 is 16.6 Å². The van der Waals surface area contributed by atoms with Crippen LogP contribution in [0.5, 0.6) is 0 Å². The maximum atomic E-state index is 13.8. The topological polar surface area (TPSA) is 90.1 Å². The molecule has 1 aromatic carbocycles. The first-order chi connectivity index (χ1) is 13.8. The van der Waals surface area contributed by atoms with Gasteiger partial charge < -0.3 is 5.32 Å². The predicted octanol–water partition coefficient (Wildman–Crippen LogP) is 4.42. The largest absolute Gasteiger partial charge is 0.320 e. The van der Waals surface area contributed by atoms with Gasteiger partial charge in [0.05, 0.1) is 10.5 Å². The van der Waals surface area contributed by atoms with Gasteiger partial charge in [-0.3, -0.25) is 19.6 Å². The molecule has 0 aliphatic heterocycles. The SMILES string of the molecule is Cc1ccc(NC(=O)c2nn(C34CC5CC(CC(C5)C3)C4)cc2[N+](=O)[O-])cc1F. The van der Waals surface area contributed by atoms with Crippen molar-refractivity contribution in [2.75, 3.05) is 5.32 Å². The monoisotopic (exact) mass is 398 g/mol. The number of hydrogen-bond acceptors (Lipinski definition) is 4.